The van der Waals surface area contributed by atoms with Crippen LogP contribution in [-0.2, 0) is 20.7 Å². The molecule has 0 saturated carbocycles. The minimum Gasteiger partial charge on any atom is -0.469 e. The van der Waals surface area contributed by atoms with Gasteiger partial charge in [-0.3, -0.25) is 9.59 Å². The van der Waals surface area contributed by atoms with Gasteiger partial charge in [-0.2, -0.15) is 5.10 Å². The van der Waals surface area contributed by atoms with Gasteiger partial charge in [0.25, 0.3) is 0 Å². The van der Waals surface area contributed by atoms with E-state index in [2.05, 4.69) is 29.0 Å². The molecule has 0 spiro atoms. The van der Waals surface area contributed by atoms with Crippen molar-refractivity contribution in [2.24, 2.45) is 5.41 Å². The minimum absolute atomic E-state index is 0.0415. The number of esters is 1. The lowest BCUT2D eigenvalue weighted by Gasteiger charge is -2.36. The van der Waals surface area contributed by atoms with Crippen molar-refractivity contribution in [1.29, 1.82) is 0 Å². The summed E-state index contributed by atoms with van der Waals surface area (Å²) in [5, 5.41) is 7.64. The Labute approximate surface area is 153 Å². The predicted molar refractivity (Wildman–Crippen MR) is 97.8 cm³/mol. The predicted octanol–water partition coefficient (Wildman–Crippen LogP) is 2.96. The summed E-state index contributed by atoms with van der Waals surface area (Å²) >= 11 is 0. The zero-order valence-corrected chi connectivity index (χ0v) is 15.5. The van der Waals surface area contributed by atoms with Crippen LogP contribution in [-0.4, -0.2) is 28.8 Å². The first kappa shape index (κ1) is 18.2. The van der Waals surface area contributed by atoms with Gasteiger partial charge < -0.3 is 10.1 Å². The van der Waals surface area contributed by atoms with Gasteiger partial charge in [0.2, 0.25) is 5.91 Å². The second-order valence-electron chi connectivity index (χ2n) is 7.54. The van der Waals surface area contributed by atoms with Crippen molar-refractivity contribution >= 4 is 11.9 Å². The van der Waals surface area contributed by atoms with Crippen molar-refractivity contribution in [2.45, 2.75) is 45.6 Å². The van der Waals surface area contributed by atoms with Gasteiger partial charge in [0, 0.05) is 12.0 Å². The molecular weight excluding hydrogens is 330 g/mol. The molecule has 0 fully saturated rings. The summed E-state index contributed by atoms with van der Waals surface area (Å²) < 4.78 is 6.56. The van der Waals surface area contributed by atoms with E-state index in [0.717, 1.165) is 29.8 Å². The molecule has 0 saturated heterocycles. The number of ether oxygens (including phenoxy) is 1. The molecule has 2 aromatic rings. The molecule has 1 aromatic carbocycles. The SMILES string of the molecule is COC(=O)CCC(=O)N[C@H]1CC(C)(C)Cc2c1cnn2-c1ccccc1. The molecule has 1 heterocycles. The Hall–Kier alpha value is -2.63. The third kappa shape index (κ3) is 3.95. The first-order valence-electron chi connectivity index (χ1n) is 8.88. The molecule has 6 heteroatoms. The normalized spacial score (nSPS) is 18.0. The van der Waals surface area contributed by atoms with Gasteiger partial charge in [-0.15, -0.1) is 0 Å². The van der Waals surface area contributed by atoms with Crippen LogP contribution in [0.1, 0.15) is 50.4 Å². The number of para-hydroxylation sites is 1. The fourth-order valence-electron chi connectivity index (χ4n) is 3.55. The average molecular weight is 355 g/mol. The summed E-state index contributed by atoms with van der Waals surface area (Å²) in [4.78, 5) is 23.5. The highest BCUT2D eigenvalue weighted by Gasteiger charge is 2.35. The van der Waals surface area contributed by atoms with E-state index in [4.69, 9.17) is 0 Å². The van der Waals surface area contributed by atoms with Crippen LogP contribution in [0.4, 0.5) is 0 Å². The van der Waals surface area contributed by atoms with Crippen molar-refractivity contribution in [3.63, 3.8) is 0 Å². The molecule has 1 aliphatic rings. The topological polar surface area (TPSA) is 73.2 Å². The lowest BCUT2D eigenvalue weighted by atomic mass is 9.74. The Kier molecular flexibility index (Phi) is 5.11. The average Bonchev–Trinajstić information content (AvgIpc) is 3.03. The second-order valence-corrected chi connectivity index (χ2v) is 7.54. The second kappa shape index (κ2) is 7.32. The molecule has 1 aliphatic carbocycles. The quantitative estimate of drug-likeness (QED) is 0.837. The fraction of sp³-hybridized carbons (Fsp3) is 0.450. The summed E-state index contributed by atoms with van der Waals surface area (Å²) in [6, 6.07) is 9.91. The van der Waals surface area contributed by atoms with Crippen molar-refractivity contribution in [2.75, 3.05) is 7.11 Å². The largest absolute Gasteiger partial charge is 0.469 e. The number of methoxy groups -OCH3 is 1. The number of fused-ring (bicyclic) bond motifs is 1. The maximum atomic E-state index is 12.3. The minimum atomic E-state index is -0.373. The molecule has 138 valence electrons. The van der Waals surface area contributed by atoms with E-state index < -0.39 is 0 Å². The van der Waals surface area contributed by atoms with Gasteiger partial charge >= 0.3 is 5.97 Å². The third-order valence-corrected chi connectivity index (χ3v) is 4.80. The zero-order valence-electron chi connectivity index (χ0n) is 15.5. The molecule has 26 heavy (non-hydrogen) atoms. The molecule has 0 bridgehead atoms. The van der Waals surface area contributed by atoms with E-state index in [-0.39, 0.29) is 36.2 Å². The lowest BCUT2D eigenvalue weighted by molar-refractivity contribution is -0.142. The van der Waals surface area contributed by atoms with Gasteiger partial charge in [-0.25, -0.2) is 4.68 Å². The van der Waals surface area contributed by atoms with Crippen LogP contribution >= 0.6 is 0 Å². The van der Waals surface area contributed by atoms with Crippen molar-refractivity contribution < 1.29 is 14.3 Å². The Morgan fingerprint density at radius 3 is 2.69 bits per heavy atom. The molecular formula is C20H25N3O3. The number of amides is 1. The van der Waals surface area contributed by atoms with Crippen LogP contribution in [0, 0.1) is 5.41 Å². The van der Waals surface area contributed by atoms with Gasteiger partial charge in [0.05, 0.1) is 37.2 Å². The van der Waals surface area contributed by atoms with Crippen LogP contribution in [0.3, 0.4) is 0 Å². The molecule has 1 amide bonds. The number of nitrogens with zero attached hydrogens (tertiary/aromatic N) is 2. The standard InChI is InChI=1S/C20H25N3O3/c1-20(2)11-16(22-18(24)9-10-19(25)26-3)15-13-21-23(17(15)12-20)14-7-5-4-6-8-14/h4-8,13,16H,9-12H2,1-3H3,(H,22,24)/t16-/m0/s1. The maximum Gasteiger partial charge on any atom is 0.306 e. The number of aromatic nitrogens is 2. The van der Waals surface area contributed by atoms with Crippen molar-refractivity contribution in [1.82, 2.24) is 15.1 Å². The van der Waals surface area contributed by atoms with Crippen LogP contribution in [0.5, 0.6) is 0 Å². The lowest BCUT2D eigenvalue weighted by Crippen LogP contribution is -2.36. The highest BCUT2D eigenvalue weighted by molar-refractivity contribution is 5.81. The van der Waals surface area contributed by atoms with E-state index in [1.54, 1.807) is 0 Å². The number of nitrogens with one attached hydrogen (secondary N) is 1. The van der Waals surface area contributed by atoms with Crippen molar-refractivity contribution in [3.8, 4) is 5.69 Å². The molecule has 6 nitrogen and oxygen atoms in total. The van der Waals surface area contributed by atoms with Crippen LogP contribution < -0.4 is 5.32 Å². The van der Waals surface area contributed by atoms with Crippen LogP contribution in [0.15, 0.2) is 36.5 Å². The molecule has 3 rings (SSSR count). The molecule has 1 atom stereocenters. The van der Waals surface area contributed by atoms with Crippen LogP contribution in [0.25, 0.3) is 5.69 Å². The molecule has 0 unspecified atom stereocenters. The number of hydrogen-bond acceptors (Lipinski definition) is 4. The molecule has 1 N–H and O–H groups in total. The number of carbonyl (C=O) groups is 2. The summed E-state index contributed by atoms with van der Waals surface area (Å²) in [5.74, 6) is -0.516. The highest BCUT2D eigenvalue weighted by Crippen LogP contribution is 2.41. The first-order valence-corrected chi connectivity index (χ1v) is 8.88. The zero-order chi connectivity index (χ0) is 18.7. The van der Waals surface area contributed by atoms with Gasteiger partial charge in [-0.05, 0) is 30.4 Å². The molecule has 1 aromatic heterocycles. The van der Waals surface area contributed by atoms with Gasteiger partial charge in [-0.1, -0.05) is 32.0 Å². The van der Waals surface area contributed by atoms with Crippen LogP contribution in [0.2, 0.25) is 0 Å². The summed E-state index contributed by atoms with van der Waals surface area (Å²) in [6.07, 6.45) is 3.80. The molecule has 0 aliphatic heterocycles. The Bertz CT molecular complexity index is 796. The number of carbonyl (C=O) groups excluding carboxylic acids is 2. The number of rotatable bonds is 5. The summed E-state index contributed by atoms with van der Waals surface area (Å²) in [6.45, 7) is 4.40. The number of hydrogen-bond donors (Lipinski definition) is 1. The Morgan fingerprint density at radius 2 is 2.00 bits per heavy atom. The van der Waals surface area contributed by atoms with E-state index in [1.807, 2.05) is 41.2 Å². The summed E-state index contributed by atoms with van der Waals surface area (Å²) in [7, 11) is 1.33. The van der Waals surface area contributed by atoms with Gasteiger partial charge in [0.1, 0.15) is 0 Å². The number of benzene rings is 1. The Balaban J connectivity index is 1.82. The Morgan fingerprint density at radius 1 is 1.27 bits per heavy atom. The van der Waals surface area contributed by atoms with E-state index in [1.165, 1.54) is 7.11 Å². The fourth-order valence-corrected chi connectivity index (χ4v) is 3.55. The summed E-state index contributed by atoms with van der Waals surface area (Å²) in [5.41, 5.74) is 3.24. The van der Waals surface area contributed by atoms with Gasteiger partial charge in [0.15, 0.2) is 0 Å². The maximum absolute atomic E-state index is 12.3. The third-order valence-electron chi connectivity index (χ3n) is 4.80. The first-order chi connectivity index (χ1) is 12.4. The smallest absolute Gasteiger partial charge is 0.306 e. The van der Waals surface area contributed by atoms with Crippen molar-refractivity contribution in [3.05, 3.63) is 47.8 Å². The van der Waals surface area contributed by atoms with E-state index in [0.29, 0.717) is 0 Å². The van der Waals surface area contributed by atoms with E-state index >= 15 is 0 Å². The van der Waals surface area contributed by atoms with E-state index in [9.17, 15) is 9.59 Å². The monoisotopic (exact) mass is 355 g/mol. The highest BCUT2D eigenvalue weighted by atomic mass is 16.5. The molecule has 0 radical (unpaired) electrons.